The summed E-state index contributed by atoms with van der Waals surface area (Å²) in [6.45, 7) is 8.03. The Labute approximate surface area is 151 Å². The van der Waals surface area contributed by atoms with Crippen LogP contribution in [0.2, 0.25) is 0 Å². The third-order valence-corrected chi connectivity index (χ3v) is 5.24. The Bertz CT molecular complexity index is 726. The average Bonchev–Trinajstić information content (AvgIpc) is 3.01. The number of nitrogens with one attached hydrogen (secondary N) is 1. The molecular weight excluding hydrogens is 338 g/mol. The van der Waals surface area contributed by atoms with Crippen molar-refractivity contribution in [3.05, 3.63) is 61.8 Å². The van der Waals surface area contributed by atoms with E-state index in [1.54, 1.807) is 6.92 Å². The molecule has 6 nitrogen and oxygen atoms in total. The summed E-state index contributed by atoms with van der Waals surface area (Å²) >= 11 is 1.15. The van der Waals surface area contributed by atoms with Gasteiger partial charge in [-0.3, -0.25) is 19.8 Å². The maximum atomic E-state index is 12.4. The van der Waals surface area contributed by atoms with E-state index in [1.165, 1.54) is 6.07 Å². The molecule has 2 aromatic rings. The van der Waals surface area contributed by atoms with Crippen molar-refractivity contribution in [2.75, 3.05) is 19.6 Å². The molecule has 1 heterocycles. The Morgan fingerprint density at radius 1 is 1.28 bits per heavy atom. The molecule has 0 saturated carbocycles. The molecule has 0 aliphatic rings. The smallest absolute Gasteiger partial charge is 0.283 e. The van der Waals surface area contributed by atoms with Crippen LogP contribution in [-0.4, -0.2) is 35.4 Å². The number of rotatable bonds is 8. The Balaban J connectivity index is 2.13. The van der Waals surface area contributed by atoms with Crippen LogP contribution in [0.4, 0.5) is 5.69 Å². The summed E-state index contributed by atoms with van der Waals surface area (Å²) in [4.78, 5) is 26.1. The normalized spacial score (nSPS) is 12.2. The first-order chi connectivity index (χ1) is 12.0. The summed E-state index contributed by atoms with van der Waals surface area (Å²) in [5, 5.41) is 13.9. The van der Waals surface area contributed by atoms with Gasteiger partial charge in [0.25, 0.3) is 11.6 Å². The Morgan fingerprint density at radius 2 is 1.92 bits per heavy atom. The van der Waals surface area contributed by atoms with E-state index in [1.807, 2.05) is 18.2 Å². The van der Waals surface area contributed by atoms with Crippen LogP contribution < -0.4 is 5.32 Å². The van der Waals surface area contributed by atoms with Crippen molar-refractivity contribution < 1.29 is 9.72 Å². The van der Waals surface area contributed by atoms with Gasteiger partial charge in [0.15, 0.2) is 0 Å². The predicted octanol–water partition coefficient (Wildman–Crippen LogP) is 3.78. The number of nitrogens with zero attached hydrogens (tertiary/aromatic N) is 2. The summed E-state index contributed by atoms with van der Waals surface area (Å²) in [5.74, 6) is -0.269. The molecule has 0 radical (unpaired) electrons. The molecule has 0 saturated heterocycles. The maximum Gasteiger partial charge on any atom is 0.283 e. The molecule has 0 bridgehead atoms. The van der Waals surface area contributed by atoms with Gasteiger partial charge in [-0.15, -0.1) is 11.3 Å². The van der Waals surface area contributed by atoms with Crippen LogP contribution in [0.1, 0.15) is 40.0 Å². The number of benzene rings is 1. The number of carbonyl (C=O) groups excluding carboxylic acids is 1. The van der Waals surface area contributed by atoms with Crippen molar-refractivity contribution in [3.63, 3.8) is 0 Å². The van der Waals surface area contributed by atoms with Gasteiger partial charge in [-0.1, -0.05) is 44.2 Å². The highest BCUT2D eigenvalue weighted by Crippen LogP contribution is 2.28. The standard InChI is InChI=1S/C18H23N3O3S/c1-4-20(5-2)16(14-9-7-6-8-10-14)12-19-18(22)17-11-15(21(23)24)13(3)25-17/h6-11,16H,4-5,12H2,1-3H3,(H,19,22). The van der Waals surface area contributed by atoms with Gasteiger partial charge in [0.2, 0.25) is 0 Å². The quantitative estimate of drug-likeness (QED) is 0.573. The predicted molar refractivity (Wildman–Crippen MR) is 100 cm³/mol. The lowest BCUT2D eigenvalue weighted by Crippen LogP contribution is -2.37. The van der Waals surface area contributed by atoms with Gasteiger partial charge < -0.3 is 5.32 Å². The SMILES string of the molecule is CCN(CC)C(CNC(=O)c1cc([N+](=O)[O-])c(C)s1)c1ccccc1. The lowest BCUT2D eigenvalue weighted by molar-refractivity contribution is -0.385. The fourth-order valence-electron chi connectivity index (χ4n) is 2.84. The van der Waals surface area contributed by atoms with E-state index in [-0.39, 0.29) is 17.6 Å². The second kappa shape index (κ2) is 8.73. The number of nitro groups is 1. The molecular formula is C18H23N3O3S. The molecule has 1 unspecified atom stereocenters. The molecule has 7 heteroatoms. The minimum atomic E-state index is -0.453. The van der Waals surface area contributed by atoms with Crippen LogP contribution in [-0.2, 0) is 0 Å². The molecule has 25 heavy (non-hydrogen) atoms. The van der Waals surface area contributed by atoms with Gasteiger partial charge in [-0.2, -0.15) is 0 Å². The largest absolute Gasteiger partial charge is 0.349 e. The van der Waals surface area contributed by atoms with E-state index in [0.29, 0.717) is 16.3 Å². The summed E-state index contributed by atoms with van der Waals surface area (Å²) < 4.78 is 0. The number of aryl methyl sites for hydroxylation is 1. The summed E-state index contributed by atoms with van der Waals surface area (Å²) in [6, 6.07) is 11.5. The van der Waals surface area contributed by atoms with Crippen LogP contribution in [0, 0.1) is 17.0 Å². The number of amides is 1. The topological polar surface area (TPSA) is 75.5 Å². The Morgan fingerprint density at radius 3 is 2.44 bits per heavy atom. The highest BCUT2D eigenvalue weighted by molar-refractivity contribution is 7.14. The van der Waals surface area contributed by atoms with Crippen LogP contribution in [0.3, 0.4) is 0 Å². The summed E-state index contributed by atoms with van der Waals surface area (Å²) in [5.41, 5.74) is 1.14. The average molecular weight is 361 g/mol. The van der Waals surface area contributed by atoms with Crippen molar-refractivity contribution in [2.24, 2.45) is 0 Å². The minimum Gasteiger partial charge on any atom is -0.349 e. The van der Waals surface area contributed by atoms with E-state index in [0.717, 1.165) is 30.0 Å². The number of hydrogen-bond acceptors (Lipinski definition) is 5. The Hall–Kier alpha value is -2.25. The molecule has 2 rings (SSSR count). The summed E-state index contributed by atoms with van der Waals surface area (Å²) in [7, 11) is 0. The van der Waals surface area contributed by atoms with Gasteiger partial charge in [0.1, 0.15) is 0 Å². The first kappa shape index (κ1) is 19.1. The zero-order valence-electron chi connectivity index (χ0n) is 14.7. The third-order valence-electron chi connectivity index (χ3n) is 4.21. The number of thiophene rings is 1. The molecule has 1 N–H and O–H groups in total. The van der Waals surface area contributed by atoms with E-state index in [9.17, 15) is 14.9 Å². The molecule has 0 aliphatic carbocycles. The van der Waals surface area contributed by atoms with E-state index < -0.39 is 4.92 Å². The molecule has 1 atom stereocenters. The van der Waals surface area contributed by atoms with Crippen LogP contribution in [0.25, 0.3) is 0 Å². The van der Waals surface area contributed by atoms with Crippen molar-refractivity contribution in [1.82, 2.24) is 10.2 Å². The van der Waals surface area contributed by atoms with Crippen molar-refractivity contribution in [2.45, 2.75) is 26.8 Å². The fraction of sp³-hybridized carbons (Fsp3) is 0.389. The van der Waals surface area contributed by atoms with E-state index in [4.69, 9.17) is 0 Å². The van der Waals surface area contributed by atoms with Crippen molar-refractivity contribution >= 4 is 22.9 Å². The number of hydrogen-bond donors (Lipinski definition) is 1. The molecule has 0 spiro atoms. The highest BCUT2D eigenvalue weighted by atomic mass is 32.1. The zero-order chi connectivity index (χ0) is 18.4. The lowest BCUT2D eigenvalue weighted by Gasteiger charge is -2.30. The zero-order valence-corrected chi connectivity index (χ0v) is 15.5. The third kappa shape index (κ3) is 4.64. The molecule has 0 aliphatic heterocycles. The minimum absolute atomic E-state index is 0.00139. The van der Waals surface area contributed by atoms with E-state index >= 15 is 0 Å². The Kier molecular flexibility index (Phi) is 6.66. The van der Waals surface area contributed by atoms with Gasteiger partial charge in [-0.25, -0.2) is 0 Å². The van der Waals surface area contributed by atoms with Gasteiger partial charge in [0.05, 0.1) is 20.7 Å². The number of carbonyl (C=O) groups is 1. The van der Waals surface area contributed by atoms with Crippen LogP contribution >= 0.6 is 11.3 Å². The van der Waals surface area contributed by atoms with E-state index in [2.05, 4.69) is 36.2 Å². The fourth-order valence-corrected chi connectivity index (χ4v) is 3.74. The first-order valence-corrected chi connectivity index (χ1v) is 9.11. The molecule has 0 fully saturated rings. The first-order valence-electron chi connectivity index (χ1n) is 8.29. The number of likely N-dealkylation sites (N-methyl/N-ethyl adjacent to an activating group) is 1. The van der Waals surface area contributed by atoms with Crippen LogP contribution in [0.5, 0.6) is 0 Å². The molecule has 1 amide bonds. The monoisotopic (exact) mass is 361 g/mol. The molecule has 1 aromatic carbocycles. The summed E-state index contributed by atoms with van der Waals surface area (Å²) in [6.07, 6.45) is 0. The van der Waals surface area contributed by atoms with Gasteiger partial charge >= 0.3 is 0 Å². The second-order valence-electron chi connectivity index (χ2n) is 5.67. The van der Waals surface area contributed by atoms with Crippen molar-refractivity contribution in [1.29, 1.82) is 0 Å². The van der Waals surface area contributed by atoms with Gasteiger partial charge in [-0.05, 0) is 25.6 Å². The van der Waals surface area contributed by atoms with Crippen LogP contribution in [0.15, 0.2) is 36.4 Å². The molecule has 1 aromatic heterocycles. The lowest BCUT2D eigenvalue weighted by atomic mass is 10.1. The molecule has 134 valence electrons. The van der Waals surface area contributed by atoms with Crippen molar-refractivity contribution in [3.8, 4) is 0 Å². The van der Waals surface area contributed by atoms with Gasteiger partial charge in [0, 0.05) is 12.6 Å². The maximum absolute atomic E-state index is 12.4. The second-order valence-corrected chi connectivity index (χ2v) is 6.92. The highest BCUT2D eigenvalue weighted by Gasteiger charge is 2.22.